The van der Waals surface area contributed by atoms with Crippen LogP contribution in [0.3, 0.4) is 0 Å². The summed E-state index contributed by atoms with van der Waals surface area (Å²) < 4.78 is 10.6. The molecule has 0 heterocycles. The van der Waals surface area contributed by atoms with Gasteiger partial charge in [0.1, 0.15) is 13.1 Å². The van der Waals surface area contributed by atoms with Crippen LogP contribution in [0.4, 0.5) is 0 Å². The summed E-state index contributed by atoms with van der Waals surface area (Å²) in [6.07, 6.45) is 0.605. The highest BCUT2D eigenvalue weighted by molar-refractivity contribution is 4.66. The molecule has 0 aliphatic heterocycles. The van der Waals surface area contributed by atoms with Crippen molar-refractivity contribution < 1.29 is 14.4 Å². The Morgan fingerprint density at radius 1 is 1.00 bits per heavy atom. The van der Waals surface area contributed by atoms with E-state index in [1.807, 2.05) is 13.8 Å². The minimum atomic E-state index is 0.605. The Labute approximate surface area is 92.8 Å². The molecule has 0 radical (unpaired) electrons. The van der Waals surface area contributed by atoms with Crippen LogP contribution in [0.2, 0.25) is 0 Å². The van der Waals surface area contributed by atoms with Crippen molar-refractivity contribution >= 4 is 0 Å². The predicted octanol–water partition coefficient (Wildman–Crippen LogP) is -0.142. The van der Waals surface area contributed by atoms with Gasteiger partial charge in [-0.3, -0.25) is 0 Å². The van der Waals surface area contributed by atoms with Gasteiger partial charge in [-0.15, -0.1) is 0 Å². The monoisotopic (exact) mass is 215 g/mol. The highest BCUT2D eigenvalue weighted by Gasteiger charge is 2.07. The Balaban J connectivity index is 3.59. The first-order chi connectivity index (χ1) is 7.35. The highest BCUT2D eigenvalue weighted by atomic mass is 16.5. The van der Waals surface area contributed by atoms with Gasteiger partial charge in [-0.05, 0) is 13.8 Å². The van der Waals surface area contributed by atoms with Crippen molar-refractivity contribution in [3.63, 3.8) is 0 Å². The molecule has 0 aliphatic carbocycles. The summed E-state index contributed by atoms with van der Waals surface area (Å²) in [4.78, 5) is 1.39. The SMILES string of the molecule is CCOCC[NH+](CCC#N)CCOCC. The minimum absolute atomic E-state index is 0.605. The van der Waals surface area contributed by atoms with Gasteiger partial charge in [-0.2, -0.15) is 5.26 Å². The molecule has 0 fully saturated rings. The second-order valence-corrected chi connectivity index (χ2v) is 3.30. The van der Waals surface area contributed by atoms with Crippen molar-refractivity contribution in [1.29, 1.82) is 5.26 Å². The Kier molecular flexibility index (Phi) is 11.0. The minimum Gasteiger partial charge on any atom is -0.376 e. The smallest absolute Gasteiger partial charge is 0.101 e. The number of nitriles is 1. The number of ether oxygens (including phenoxy) is 2. The molecule has 0 aliphatic rings. The van der Waals surface area contributed by atoms with E-state index in [0.717, 1.165) is 46.1 Å². The first-order valence-corrected chi connectivity index (χ1v) is 5.71. The van der Waals surface area contributed by atoms with Gasteiger partial charge >= 0.3 is 0 Å². The van der Waals surface area contributed by atoms with Crippen LogP contribution in [0.5, 0.6) is 0 Å². The maximum absolute atomic E-state index is 8.53. The third-order valence-corrected chi connectivity index (χ3v) is 2.20. The Hall–Kier alpha value is -0.630. The van der Waals surface area contributed by atoms with Crippen molar-refractivity contribution in [2.24, 2.45) is 0 Å². The van der Waals surface area contributed by atoms with E-state index in [0.29, 0.717) is 6.42 Å². The Morgan fingerprint density at radius 2 is 1.53 bits per heavy atom. The van der Waals surface area contributed by atoms with Crippen molar-refractivity contribution in [3.05, 3.63) is 0 Å². The van der Waals surface area contributed by atoms with Crippen molar-refractivity contribution in [2.75, 3.05) is 46.1 Å². The van der Waals surface area contributed by atoms with Crippen molar-refractivity contribution in [1.82, 2.24) is 0 Å². The van der Waals surface area contributed by atoms with Gasteiger partial charge < -0.3 is 14.4 Å². The number of quaternary nitrogens is 1. The van der Waals surface area contributed by atoms with Crippen LogP contribution in [0.15, 0.2) is 0 Å². The van der Waals surface area contributed by atoms with E-state index in [1.54, 1.807) is 0 Å². The van der Waals surface area contributed by atoms with Gasteiger partial charge in [0.05, 0.1) is 32.2 Å². The molecule has 0 bridgehead atoms. The molecule has 0 rings (SSSR count). The maximum Gasteiger partial charge on any atom is 0.101 e. The third kappa shape index (κ3) is 9.67. The second kappa shape index (κ2) is 11.4. The molecule has 4 nitrogen and oxygen atoms in total. The molecule has 0 spiro atoms. The molecule has 0 amide bonds. The first kappa shape index (κ1) is 14.4. The zero-order chi connectivity index (χ0) is 11.4. The fraction of sp³-hybridized carbons (Fsp3) is 0.909. The van der Waals surface area contributed by atoms with Gasteiger partial charge in [0.25, 0.3) is 0 Å². The summed E-state index contributed by atoms with van der Waals surface area (Å²) in [5.41, 5.74) is 0. The molecule has 0 atom stereocenters. The van der Waals surface area contributed by atoms with E-state index >= 15 is 0 Å². The average molecular weight is 215 g/mol. The number of hydrogen-bond acceptors (Lipinski definition) is 3. The van der Waals surface area contributed by atoms with Crippen LogP contribution in [0.25, 0.3) is 0 Å². The van der Waals surface area contributed by atoms with Gasteiger partial charge in [0.2, 0.25) is 0 Å². The van der Waals surface area contributed by atoms with E-state index in [9.17, 15) is 0 Å². The van der Waals surface area contributed by atoms with Crippen LogP contribution in [0.1, 0.15) is 20.3 Å². The third-order valence-electron chi connectivity index (χ3n) is 2.20. The lowest BCUT2D eigenvalue weighted by molar-refractivity contribution is -0.900. The van der Waals surface area contributed by atoms with E-state index in [2.05, 4.69) is 6.07 Å². The van der Waals surface area contributed by atoms with E-state index < -0.39 is 0 Å². The molecular formula is C11H23N2O2+. The molecular weight excluding hydrogens is 192 g/mol. The summed E-state index contributed by atoms with van der Waals surface area (Å²) in [6.45, 7) is 9.85. The standard InChI is InChI=1S/C11H22N2O2/c1-3-14-10-8-13(7-5-6-12)9-11-15-4-2/h3-5,7-11H2,1-2H3/p+1. The number of nitrogens with zero attached hydrogens (tertiary/aromatic N) is 1. The zero-order valence-corrected chi connectivity index (χ0v) is 9.92. The summed E-state index contributed by atoms with van der Waals surface area (Å²) >= 11 is 0. The molecule has 0 saturated heterocycles. The topological polar surface area (TPSA) is 46.7 Å². The normalized spacial score (nSPS) is 10.5. The van der Waals surface area contributed by atoms with Crippen LogP contribution in [-0.2, 0) is 9.47 Å². The van der Waals surface area contributed by atoms with E-state index in [1.165, 1.54) is 4.90 Å². The molecule has 88 valence electrons. The van der Waals surface area contributed by atoms with Crippen LogP contribution in [-0.4, -0.2) is 46.1 Å². The molecule has 0 aromatic heterocycles. The quantitative estimate of drug-likeness (QED) is 0.516. The second-order valence-electron chi connectivity index (χ2n) is 3.30. The van der Waals surface area contributed by atoms with Gasteiger partial charge in [-0.25, -0.2) is 0 Å². The summed E-state index contributed by atoms with van der Waals surface area (Å²) in [5, 5.41) is 8.53. The molecule has 15 heavy (non-hydrogen) atoms. The molecule has 4 heteroatoms. The van der Waals surface area contributed by atoms with Gasteiger partial charge in [-0.1, -0.05) is 0 Å². The average Bonchev–Trinajstić information content (AvgIpc) is 2.25. The lowest BCUT2D eigenvalue weighted by atomic mass is 10.4. The number of nitrogens with one attached hydrogen (secondary N) is 1. The predicted molar refractivity (Wildman–Crippen MR) is 58.8 cm³/mol. The van der Waals surface area contributed by atoms with Gasteiger partial charge in [0, 0.05) is 13.2 Å². The van der Waals surface area contributed by atoms with Crippen molar-refractivity contribution in [2.45, 2.75) is 20.3 Å². The Morgan fingerprint density at radius 3 is 1.93 bits per heavy atom. The number of hydrogen-bond donors (Lipinski definition) is 1. The molecule has 0 aromatic carbocycles. The summed E-state index contributed by atoms with van der Waals surface area (Å²) in [6, 6.07) is 2.18. The molecule has 0 unspecified atom stereocenters. The largest absolute Gasteiger partial charge is 0.376 e. The summed E-state index contributed by atoms with van der Waals surface area (Å²) in [5.74, 6) is 0. The first-order valence-electron chi connectivity index (χ1n) is 5.71. The van der Waals surface area contributed by atoms with Crippen LogP contribution < -0.4 is 4.90 Å². The molecule has 1 N–H and O–H groups in total. The molecule has 0 aromatic rings. The lowest BCUT2D eigenvalue weighted by Gasteiger charge is -2.17. The Bertz CT molecular complexity index is 158. The fourth-order valence-corrected chi connectivity index (χ4v) is 1.33. The highest BCUT2D eigenvalue weighted by Crippen LogP contribution is 1.72. The van der Waals surface area contributed by atoms with E-state index in [4.69, 9.17) is 14.7 Å². The van der Waals surface area contributed by atoms with E-state index in [-0.39, 0.29) is 0 Å². The van der Waals surface area contributed by atoms with Crippen LogP contribution in [0, 0.1) is 11.3 Å². The summed E-state index contributed by atoms with van der Waals surface area (Å²) in [7, 11) is 0. The van der Waals surface area contributed by atoms with Gasteiger partial charge in [0.15, 0.2) is 0 Å². The van der Waals surface area contributed by atoms with Crippen molar-refractivity contribution in [3.8, 4) is 6.07 Å². The number of rotatable bonds is 10. The lowest BCUT2D eigenvalue weighted by Crippen LogP contribution is -3.13. The zero-order valence-electron chi connectivity index (χ0n) is 9.92. The molecule has 0 saturated carbocycles. The van der Waals surface area contributed by atoms with Crippen LogP contribution >= 0.6 is 0 Å². The maximum atomic E-state index is 8.53. The fourth-order valence-electron chi connectivity index (χ4n) is 1.33.